The van der Waals surface area contributed by atoms with E-state index in [9.17, 15) is 22.8 Å². The Morgan fingerprint density at radius 1 is 0.951 bits per heavy atom. The van der Waals surface area contributed by atoms with E-state index in [1.165, 1.54) is 12.1 Å². The van der Waals surface area contributed by atoms with Gasteiger partial charge in [-0.2, -0.15) is 0 Å². The van der Waals surface area contributed by atoms with E-state index in [2.05, 4.69) is 15.0 Å². The summed E-state index contributed by atoms with van der Waals surface area (Å²) < 4.78 is 53.2. The number of hydrogen-bond donors (Lipinski definition) is 2. The maximum Gasteiger partial charge on any atom is 0.573 e. The third-order valence-corrected chi connectivity index (χ3v) is 6.08. The van der Waals surface area contributed by atoms with E-state index in [-0.39, 0.29) is 31.6 Å². The van der Waals surface area contributed by atoms with Crippen LogP contribution in [-0.2, 0) is 24.2 Å². The zero-order valence-electron chi connectivity index (χ0n) is 22.0. The number of nitrogens with one attached hydrogen (secondary N) is 1. The number of carbonyl (C=O) groups is 2. The van der Waals surface area contributed by atoms with Crippen LogP contribution in [0.1, 0.15) is 39.4 Å². The van der Waals surface area contributed by atoms with Crippen molar-refractivity contribution in [3.05, 3.63) is 101 Å². The zero-order valence-corrected chi connectivity index (χ0v) is 22.0. The van der Waals surface area contributed by atoms with Crippen LogP contribution in [0.25, 0.3) is 11.5 Å². The molecule has 0 saturated carbocycles. The van der Waals surface area contributed by atoms with Crippen molar-refractivity contribution in [2.24, 2.45) is 0 Å². The highest BCUT2D eigenvalue weighted by Gasteiger charge is 2.31. The number of halogens is 3. The standard InChI is InChI=1S/C30H27F3N2O6/c1-19-26(35-29(40-19)21-6-3-2-4-7-21)14-15-39-24-12-10-20(11-13-27(36)37)23(17-24)18-34-28(38)22-8-5-9-25(16-22)41-30(31,32)33/h2-10,12,16-17H,11,13-15,18H2,1H3,(H,34,38)(H,36,37). The van der Waals surface area contributed by atoms with Gasteiger partial charge in [0.1, 0.15) is 17.3 Å². The van der Waals surface area contributed by atoms with Crippen LogP contribution in [0.15, 0.2) is 77.2 Å². The Bertz CT molecular complexity index is 1500. The summed E-state index contributed by atoms with van der Waals surface area (Å²) in [5.41, 5.74) is 2.90. The minimum absolute atomic E-state index is 0.00181. The van der Waals surface area contributed by atoms with E-state index in [0.29, 0.717) is 34.9 Å². The van der Waals surface area contributed by atoms with Crippen molar-refractivity contribution < 1.29 is 41.8 Å². The number of carbonyl (C=O) groups excluding carboxylic acids is 1. The smallest absolute Gasteiger partial charge is 0.493 e. The second-order valence-corrected chi connectivity index (χ2v) is 9.07. The SMILES string of the molecule is Cc1oc(-c2ccccc2)nc1CCOc1ccc(CCC(=O)O)c(CNC(=O)c2cccc(OC(F)(F)F)c2)c1. The number of aliphatic carboxylic acids is 1. The molecule has 0 aliphatic carbocycles. The van der Waals surface area contributed by atoms with Crippen molar-refractivity contribution >= 4 is 11.9 Å². The lowest BCUT2D eigenvalue weighted by molar-refractivity contribution is -0.274. The number of aromatic nitrogens is 1. The van der Waals surface area contributed by atoms with Crippen LogP contribution in [0.3, 0.4) is 0 Å². The summed E-state index contributed by atoms with van der Waals surface area (Å²) in [6.07, 6.45) is -4.31. The number of hydrogen-bond acceptors (Lipinski definition) is 6. The molecule has 0 bridgehead atoms. The second kappa shape index (κ2) is 13.0. The molecule has 3 aromatic carbocycles. The first-order valence-electron chi connectivity index (χ1n) is 12.7. The van der Waals surface area contributed by atoms with Crippen LogP contribution in [-0.4, -0.2) is 34.9 Å². The van der Waals surface area contributed by atoms with E-state index in [1.54, 1.807) is 18.2 Å². The van der Waals surface area contributed by atoms with E-state index < -0.39 is 24.0 Å². The Labute approximate surface area is 233 Å². The number of alkyl halides is 3. The molecule has 0 unspecified atom stereocenters. The maximum atomic E-state index is 12.7. The Morgan fingerprint density at radius 3 is 2.46 bits per heavy atom. The van der Waals surface area contributed by atoms with Gasteiger partial charge in [-0.1, -0.05) is 30.3 Å². The molecule has 0 radical (unpaired) electrons. The highest BCUT2D eigenvalue weighted by atomic mass is 19.4. The summed E-state index contributed by atoms with van der Waals surface area (Å²) in [7, 11) is 0. The lowest BCUT2D eigenvalue weighted by Gasteiger charge is -2.14. The number of nitrogens with zero attached hydrogens (tertiary/aromatic N) is 1. The van der Waals surface area contributed by atoms with Gasteiger partial charge < -0.3 is 24.3 Å². The molecule has 1 heterocycles. The van der Waals surface area contributed by atoms with Crippen molar-refractivity contribution in [1.29, 1.82) is 0 Å². The van der Waals surface area contributed by atoms with Gasteiger partial charge in [-0.3, -0.25) is 9.59 Å². The van der Waals surface area contributed by atoms with Crippen molar-refractivity contribution in [3.63, 3.8) is 0 Å². The van der Waals surface area contributed by atoms with Crippen molar-refractivity contribution in [2.45, 2.75) is 39.1 Å². The highest BCUT2D eigenvalue weighted by molar-refractivity contribution is 5.94. The topological polar surface area (TPSA) is 111 Å². The maximum absolute atomic E-state index is 12.7. The first-order chi connectivity index (χ1) is 19.6. The Morgan fingerprint density at radius 2 is 1.73 bits per heavy atom. The molecule has 1 amide bonds. The molecular weight excluding hydrogens is 541 g/mol. The number of amides is 1. The first-order valence-corrected chi connectivity index (χ1v) is 12.7. The summed E-state index contributed by atoms with van der Waals surface area (Å²) in [6.45, 7) is 2.11. The second-order valence-electron chi connectivity index (χ2n) is 9.07. The van der Waals surface area contributed by atoms with Gasteiger partial charge in [0.2, 0.25) is 5.89 Å². The molecule has 4 aromatic rings. The number of rotatable bonds is 12. The van der Waals surface area contributed by atoms with Gasteiger partial charge in [0, 0.05) is 30.5 Å². The van der Waals surface area contributed by atoms with Crippen molar-refractivity contribution in [3.8, 4) is 23.0 Å². The fourth-order valence-electron chi connectivity index (χ4n) is 4.08. The zero-order chi connectivity index (χ0) is 29.4. The van der Waals surface area contributed by atoms with E-state index >= 15 is 0 Å². The number of carboxylic acids is 1. The summed E-state index contributed by atoms with van der Waals surface area (Å²) >= 11 is 0. The molecule has 0 aliphatic heterocycles. The summed E-state index contributed by atoms with van der Waals surface area (Å²) in [6, 6.07) is 19.4. The van der Waals surface area contributed by atoms with Crippen LogP contribution in [0.2, 0.25) is 0 Å². The van der Waals surface area contributed by atoms with Crippen LogP contribution in [0, 0.1) is 6.92 Å². The number of aryl methyl sites for hydroxylation is 2. The molecule has 0 saturated heterocycles. The predicted octanol–water partition coefficient (Wildman–Crippen LogP) is 6.12. The third-order valence-electron chi connectivity index (χ3n) is 6.08. The normalized spacial score (nSPS) is 11.2. The molecular formula is C30H27F3N2O6. The van der Waals surface area contributed by atoms with Gasteiger partial charge in [-0.25, -0.2) is 4.98 Å². The lowest BCUT2D eigenvalue weighted by atomic mass is 10.0. The summed E-state index contributed by atoms with van der Waals surface area (Å²) in [5.74, 6) is -0.401. The summed E-state index contributed by atoms with van der Waals surface area (Å²) in [4.78, 5) is 28.4. The monoisotopic (exact) mass is 568 g/mol. The van der Waals surface area contributed by atoms with Crippen LogP contribution < -0.4 is 14.8 Å². The highest BCUT2D eigenvalue weighted by Crippen LogP contribution is 2.25. The predicted molar refractivity (Wildman–Crippen MR) is 143 cm³/mol. The number of carboxylic acid groups (broad SMARTS) is 1. The molecule has 1 aromatic heterocycles. The summed E-state index contributed by atoms with van der Waals surface area (Å²) in [5, 5.41) is 11.8. The van der Waals surface area contributed by atoms with Gasteiger partial charge >= 0.3 is 12.3 Å². The first kappa shape index (κ1) is 29.2. The molecule has 41 heavy (non-hydrogen) atoms. The quantitative estimate of drug-likeness (QED) is 0.212. The van der Waals surface area contributed by atoms with Crippen LogP contribution in [0.5, 0.6) is 11.5 Å². The average Bonchev–Trinajstić information content (AvgIpc) is 3.31. The minimum atomic E-state index is -4.88. The van der Waals surface area contributed by atoms with Crippen LogP contribution >= 0.6 is 0 Å². The fraction of sp³-hybridized carbons (Fsp3) is 0.233. The van der Waals surface area contributed by atoms with Crippen molar-refractivity contribution in [2.75, 3.05) is 6.61 Å². The molecule has 11 heteroatoms. The molecule has 214 valence electrons. The number of oxazole rings is 1. The lowest BCUT2D eigenvalue weighted by Crippen LogP contribution is -2.24. The van der Waals surface area contributed by atoms with E-state index in [1.807, 2.05) is 37.3 Å². The third kappa shape index (κ3) is 8.59. The fourth-order valence-corrected chi connectivity index (χ4v) is 4.08. The number of benzene rings is 3. The van der Waals surface area contributed by atoms with Gasteiger partial charge in [-0.05, 0) is 66.9 Å². The van der Waals surface area contributed by atoms with E-state index in [4.69, 9.17) is 14.3 Å². The average molecular weight is 569 g/mol. The van der Waals surface area contributed by atoms with Gasteiger partial charge in [0.05, 0.1) is 12.3 Å². The van der Waals surface area contributed by atoms with Gasteiger partial charge in [0.25, 0.3) is 5.91 Å². The van der Waals surface area contributed by atoms with Crippen molar-refractivity contribution in [1.82, 2.24) is 10.3 Å². The molecule has 2 N–H and O–H groups in total. The molecule has 8 nitrogen and oxygen atoms in total. The Balaban J connectivity index is 1.42. The molecule has 0 aliphatic rings. The minimum Gasteiger partial charge on any atom is -0.493 e. The van der Waals surface area contributed by atoms with Gasteiger partial charge in [-0.15, -0.1) is 13.2 Å². The number of ether oxygens (including phenoxy) is 2. The Kier molecular flexibility index (Phi) is 9.28. The van der Waals surface area contributed by atoms with E-state index in [0.717, 1.165) is 23.4 Å². The largest absolute Gasteiger partial charge is 0.573 e. The molecule has 0 fully saturated rings. The Hall–Kier alpha value is -4.80. The van der Waals surface area contributed by atoms with Gasteiger partial charge in [0.15, 0.2) is 0 Å². The molecule has 4 rings (SSSR count). The molecule has 0 spiro atoms. The molecule has 0 atom stereocenters. The van der Waals surface area contributed by atoms with Crippen LogP contribution in [0.4, 0.5) is 13.2 Å².